The van der Waals surface area contributed by atoms with Crippen LogP contribution in [0.2, 0.25) is 0 Å². The first-order chi connectivity index (χ1) is 12.0. The van der Waals surface area contributed by atoms with Crippen LogP contribution in [0.25, 0.3) is 6.08 Å². The van der Waals surface area contributed by atoms with Crippen LogP contribution in [0, 0.1) is 5.82 Å². The molecule has 2 aromatic rings. The van der Waals surface area contributed by atoms with E-state index < -0.39 is 0 Å². The lowest BCUT2D eigenvalue weighted by Crippen LogP contribution is -2.24. The molecule has 0 fully saturated rings. The van der Waals surface area contributed by atoms with Gasteiger partial charge in [-0.25, -0.2) is 4.39 Å². The molecule has 0 atom stereocenters. The summed E-state index contributed by atoms with van der Waals surface area (Å²) in [4.78, 5) is 13.8. The first-order valence-electron chi connectivity index (χ1n) is 7.80. The summed E-state index contributed by atoms with van der Waals surface area (Å²) < 4.78 is 25.5. The number of amides is 1. The van der Waals surface area contributed by atoms with Crippen LogP contribution >= 0.6 is 15.9 Å². The van der Waals surface area contributed by atoms with Crippen molar-refractivity contribution in [3.63, 3.8) is 0 Å². The van der Waals surface area contributed by atoms with Crippen molar-refractivity contribution < 1.29 is 18.7 Å². The Bertz CT molecular complexity index is 822. The molecular weight excluding hydrogens is 389 g/mol. The molecule has 0 unspecified atom stereocenters. The summed E-state index contributed by atoms with van der Waals surface area (Å²) >= 11 is 3.29. The molecule has 0 bridgehead atoms. The third-order valence-corrected chi connectivity index (χ3v) is 4.26. The second-order valence-corrected chi connectivity index (χ2v) is 6.59. The molecular formula is C19H17BrFNO3. The fourth-order valence-electron chi connectivity index (χ4n) is 2.47. The number of carbonyl (C=O) groups is 1. The van der Waals surface area contributed by atoms with Crippen molar-refractivity contribution in [2.45, 2.75) is 6.54 Å². The smallest absolute Gasteiger partial charge is 0.246 e. The number of likely N-dealkylation sites (N-methyl/N-ethyl adjacent to an activating group) is 1. The number of halogens is 2. The number of benzene rings is 2. The summed E-state index contributed by atoms with van der Waals surface area (Å²) in [6.45, 7) is 1.48. The highest BCUT2D eigenvalue weighted by Crippen LogP contribution is 2.31. The first-order valence-corrected chi connectivity index (χ1v) is 8.59. The van der Waals surface area contributed by atoms with E-state index in [0.29, 0.717) is 36.8 Å². The summed E-state index contributed by atoms with van der Waals surface area (Å²) in [5, 5.41) is 0. The number of hydrogen-bond donors (Lipinski definition) is 0. The van der Waals surface area contributed by atoms with Crippen molar-refractivity contribution in [2.24, 2.45) is 0 Å². The van der Waals surface area contributed by atoms with Crippen molar-refractivity contribution in [1.29, 1.82) is 0 Å². The highest BCUT2D eigenvalue weighted by Gasteiger charge is 2.13. The van der Waals surface area contributed by atoms with Crippen LogP contribution in [0.1, 0.15) is 11.1 Å². The molecule has 1 aliphatic rings. The Balaban J connectivity index is 1.66. The first kappa shape index (κ1) is 17.5. The number of nitrogens with zero attached hydrogens (tertiary/aromatic N) is 1. The van der Waals surface area contributed by atoms with Crippen LogP contribution in [0.4, 0.5) is 4.39 Å². The molecule has 0 N–H and O–H groups in total. The average molecular weight is 406 g/mol. The molecule has 1 aliphatic heterocycles. The predicted octanol–water partition coefficient (Wildman–Crippen LogP) is 4.03. The van der Waals surface area contributed by atoms with Crippen molar-refractivity contribution in [2.75, 3.05) is 20.3 Å². The zero-order chi connectivity index (χ0) is 17.8. The minimum atomic E-state index is -0.373. The third-order valence-electron chi connectivity index (χ3n) is 3.77. The minimum absolute atomic E-state index is 0.214. The highest BCUT2D eigenvalue weighted by molar-refractivity contribution is 9.10. The Morgan fingerprint density at radius 2 is 1.96 bits per heavy atom. The highest BCUT2D eigenvalue weighted by atomic mass is 79.9. The van der Waals surface area contributed by atoms with Gasteiger partial charge >= 0.3 is 0 Å². The summed E-state index contributed by atoms with van der Waals surface area (Å²) in [5.74, 6) is 0.821. The fourth-order valence-corrected chi connectivity index (χ4v) is 2.85. The summed E-state index contributed by atoms with van der Waals surface area (Å²) in [5.41, 5.74) is 1.29. The Morgan fingerprint density at radius 1 is 1.20 bits per heavy atom. The van der Waals surface area contributed by atoms with Crippen molar-refractivity contribution in [3.8, 4) is 11.5 Å². The standard InChI is InChI=1S/C19H17BrFNO3/c1-22(12-13-2-6-17-18(10-13)25-9-8-24-17)19(23)7-3-14-11-15(20)4-5-16(14)21/h2-7,10-11H,8-9,12H2,1H3/b7-3+. The maximum Gasteiger partial charge on any atom is 0.246 e. The average Bonchev–Trinajstić information content (AvgIpc) is 2.62. The lowest BCUT2D eigenvalue weighted by molar-refractivity contribution is -0.125. The van der Waals surface area contributed by atoms with Gasteiger partial charge in [0.25, 0.3) is 0 Å². The molecule has 6 heteroatoms. The number of rotatable bonds is 4. The van der Waals surface area contributed by atoms with Gasteiger partial charge in [0, 0.05) is 29.7 Å². The van der Waals surface area contributed by atoms with E-state index in [1.807, 2.05) is 18.2 Å². The SMILES string of the molecule is CN(Cc1ccc2c(c1)OCCO2)C(=O)/C=C/c1cc(Br)ccc1F. The predicted molar refractivity (Wildman–Crippen MR) is 97.0 cm³/mol. The summed E-state index contributed by atoms with van der Waals surface area (Å²) in [6.07, 6.45) is 2.84. The van der Waals surface area contributed by atoms with Crippen molar-refractivity contribution in [3.05, 3.63) is 63.9 Å². The van der Waals surface area contributed by atoms with Gasteiger partial charge in [-0.1, -0.05) is 22.0 Å². The summed E-state index contributed by atoms with van der Waals surface area (Å²) in [6, 6.07) is 10.2. The molecule has 0 saturated heterocycles. The van der Waals surface area contributed by atoms with Gasteiger partial charge in [0.05, 0.1) is 0 Å². The van der Waals surface area contributed by atoms with E-state index >= 15 is 0 Å². The van der Waals surface area contributed by atoms with Gasteiger partial charge in [-0.05, 0) is 42.0 Å². The van der Waals surface area contributed by atoms with E-state index in [1.165, 1.54) is 18.2 Å². The zero-order valence-electron chi connectivity index (χ0n) is 13.7. The Hall–Kier alpha value is -2.34. The molecule has 0 saturated carbocycles. The second-order valence-electron chi connectivity index (χ2n) is 5.67. The van der Waals surface area contributed by atoms with Gasteiger partial charge in [0.15, 0.2) is 11.5 Å². The van der Waals surface area contributed by atoms with Crippen LogP contribution in [-0.2, 0) is 11.3 Å². The maximum absolute atomic E-state index is 13.7. The number of hydrogen-bond acceptors (Lipinski definition) is 3. The lowest BCUT2D eigenvalue weighted by atomic mass is 10.1. The third kappa shape index (κ3) is 4.39. The van der Waals surface area contributed by atoms with Crippen molar-refractivity contribution >= 4 is 27.9 Å². The molecule has 25 heavy (non-hydrogen) atoms. The van der Waals surface area contributed by atoms with Crippen LogP contribution < -0.4 is 9.47 Å². The maximum atomic E-state index is 13.7. The van der Waals surface area contributed by atoms with Crippen LogP contribution in [0.3, 0.4) is 0 Å². The molecule has 3 rings (SSSR count). The molecule has 1 heterocycles. The second kappa shape index (κ2) is 7.70. The van der Waals surface area contributed by atoms with Crippen LogP contribution in [-0.4, -0.2) is 31.1 Å². The van der Waals surface area contributed by atoms with E-state index in [1.54, 1.807) is 24.1 Å². The van der Waals surface area contributed by atoms with Crippen molar-refractivity contribution in [1.82, 2.24) is 4.90 Å². The van der Waals surface area contributed by atoms with Crippen LogP contribution in [0.5, 0.6) is 11.5 Å². The number of fused-ring (bicyclic) bond motifs is 1. The Labute approximate surface area is 154 Å². The van der Waals surface area contributed by atoms with E-state index in [2.05, 4.69) is 15.9 Å². The zero-order valence-corrected chi connectivity index (χ0v) is 15.3. The molecule has 0 aromatic heterocycles. The molecule has 2 aromatic carbocycles. The van der Waals surface area contributed by atoms with Gasteiger partial charge in [-0.15, -0.1) is 0 Å². The minimum Gasteiger partial charge on any atom is -0.486 e. The Kier molecular flexibility index (Phi) is 5.38. The quantitative estimate of drug-likeness (QED) is 0.720. The van der Waals surface area contributed by atoms with Gasteiger partial charge in [-0.2, -0.15) is 0 Å². The molecule has 0 aliphatic carbocycles. The van der Waals surface area contributed by atoms with Gasteiger partial charge < -0.3 is 14.4 Å². The van der Waals surface area contributed by atoms with Crippen LogP contribution in [0.15, 0.2) is 46.9 Å². The summed E-state index contributed by atoms with van der Waals surface area (Å²) in [7, 11) is 1.70. The van der Waals surface area contributed by atoms with E-state index in [-0.39, 0.29) is 11.7 Å². The number of ether oxygens (including phenoxy) is 2. The largest absolute Gasteiger partial charge is 0.486 e. The fraction of sp³-hybridized carbons (Fsp3) is 0.211. The molecule has 0 spiro atoms. The number of carbonyl (C=O) groups excluding carboxylic acids is 1. The van der Waals surface area contributed by atoms with E-state index in [9.17, 15) is 9.18 Å². The van der Waals surface area contributed by atoms with Gasteiger partial charge in [-0.3, -0.25) is 4.79 Å². The van der Waals surface area contributed by atoms with E-state index in [0.717, 1.165) is 10.0 Å². The molecule has 1 amide bonds. The monoisotopic (exact) mass is 405 g/mol. The molecule has 0 radical (unpaired) electrons. The molecule has 130 valence electrons. The lowest BCUT2D eigenvalue weighted by Gasteiger charge is -2.20. The van der Waals surface area contributed by atoms with Gasteiger partial charge in [0.2, 0.25) is 5.91 Å². The molecule has 4 nitrogen and oxygen atoms in total. The topological polar surface area (TPSA) is 38.8 Å². The van der Waals surface area contributed by atoms with E-state index in [4.69, 9.17) is 9.47 Å². The normalized spacial score (nSPS) is 13.1. The Morgan fingerprint density at radius 3 is 2.76 bits per heavy atom. The van der Waals surface area contributed by atoms with Gasteiger partial charge in [0.1, 0.15) is 19.0 Å².